The van der Waals surface area contributed by atoms with E-state index in [1.807, 2.05) is 32.0 Å². The first-order chi connectivity index (χ1) is 8.95. The molecule has 4 nitrogen and oxygen atoms in total. The number of benzene rings is 1. The van der Waals surface area contributed by atoms with E-state index in [1.54, 1.807) is 6.08 Å². The van der Waals surface area contributed by atoms with Gasteiger partial charge in [0.15, 0.2) is 0 Å². The highest BCUT2D eigenvalue weighted by molar-refractivity contribution is 5.67. The van der Waals surface area contributed by atoms with E-state index in [1.165, 1.54) is 0 Å². The van der Waals surface area contributed by atoms with Crippen LogP contribution in [-0.2, 0) is 4.79 Å². The third kappa shape index (κ3) is 4.50. The summed E-state index contributed by atoms with van der Waals surface area (Å²) in [6.45, 7) is 8.00. The first-order valence-corrected chi connectivity index (χ1v) is 6.27. The number of aliphatic carboxylic acids is 1. The predicted molar refractivity (Wildman–Crippen MR) is 75.1 cm³/mol. The van der Waals surface area contributed by atoms with E-state index < -0.39 is 18.1 Å². The number of aliphatic hydroxyl groups is 1. The number of aryl methyl sites for hydroxylation is 2. The van der Waals surface area contributed by atoms with Crippen LogP contribution in [0, 0.1) is 13.8 Å². The first kappa shape index (κ1) is 15.4. The minimum atomic E-state index is -0.940. The van der Waals surface area contributed by atoms with Gasteiger partial charge in [0.25, 0.3) is 0 Å². The van der Waals surface area contributed by atoms with Crippen LogP contribution in [0.5, 0.6) is 0 Å². The average Bonchev–Trinajstić information content (AvgIpc) is 2.36. The van der Waals surface area contributed by atoms with Gasteiger partial charge in [-0.05, 0) is 30.5 Å². The monoisotopic (exact) mass is 263 g/mol. The molecule has 0 amide bonds. The van der Waals surface area contributed by atoms with Gasteiger partial charge in [0.05, 0.1) is 12.5 Å². The maximum Gasteiger partial charge on any atom is 0.305 e. The van der Waals surface area contributed by atoms with Crippen LogP contribution in [0.15, 0.2) is 30.9 Å². The van der Waals surface area contributed by atoms with Crippen molar-refractivity contribution in [1.82, 2.24) is 5.32 Å². The minimum absolute atomic E-state index is 0.137. The molecule has 0 saturated carbocycles. The Morgan fingerprint density at radius 2 is 2.11 bits per heavy atom. The molecule has 1 rings (SSSR count). The van der Waals surface area contributed by atoms with Crippen LogP contribution in [-0.4, -0.2) is 28.8 Å². The highest BCUT2D eigenvalue weighted by Crippen LogP contribution is 2.21. The summed E-state index contributed by atoms with van der Waals surface area (Å²) in [6, 6.07) is 5.12. The molecule has 0 aliphatic carbocycles. The Morgan fingerprint density at radius 3 is 2.63 bits per heavy atom. The maximum absolute atomic E-state index is 10.9. The molecule has 0 heterocycles. The predicted octanol–water partition coefficient (Wildman–Crippen LogP) is 1.96. The molecule has 0 aromatic heterocycles. The van der Waals surface area contributed by atoms with Gasteiger partial charge >= 0.3 is 5.97 Å². The van der Waals surface area contributed by atoms with Crippen LogP contribution in [0.4, 0.5) is 0 Å². The van der Waals surface area contributed by atoms with Crippen molar-refractivity contribution in [3.63, 3.8) is 0 Å². The summed E-state index contributed by atoms with van der Waals surface area (Å²) in [6.07, 6.45) is 0.652. The fourth-order valence-electron chi connectivity index (χ4n) is 1.90. The summed E-state index contributed by atoms with van der Waals surface area (Å²) in [5, 5.41) is 22.2. The topological polar surface area (TPSA) is 69.6 Å². The van der Waals surface area contributed by atoms with E-state index in [-0.39, 0.29) is 6.42 Å². The van der Waals surface area contributed by atoms with Crippen LogP contribution < -0.4 is 5.32 Å². The van der Waals surface area contributed by atoms with Crippen molar-refractivity contribution in [2.75, 3.05) is 6.54 Å². The maximum atomic E-state index is 10.9. The Bertz CT molecular complexity index is 457. The second-order valence-electron chi connectivity index (χ2n) is 4.69. The van der Waals surface area contributed by atoms with Crippen molar-refractivity contribution in [2.45, 2.75) is 32.4 Å². The molecule has 19 heavy (non-hydrogen) atoms. The molecule has 1 aromatic carbocycles. The standard InChI is InChI=1S/C15H21NO3/c1-4-7-16-13(9-14(17)18)15(19)12-6-5-10(2)11(3)8-12/h4-6,8,13,15-16,19H,1,7,9H2,2-3H3,(H,17,18). The van der Waals surface area contributed by atoms with Crippen molar-refractivity contribution in [1.29, 1.82) is 0 Å². The normalized spacial score (nSPS) is 13.8. The van der Waals surface area contributed by atoms with Gasteiger partial charge in [-0.1, -0.05) is 24.3 Å². The quantitative estimate of drug-likeness (QED) is 0.658. The summed E-state index contributed by atoms with van der Waals surface area (Å²) in [7, 11) is 0. The second-order valence-corrected chi connectivity index (χ2v) is 4.69. The number of hydrogen-bond acceptors (Lipinski definition) is 3. The van der Waals surface area contributed by atoms with E-state index in [4.69, 9.17) is 5.11 Å². The molecule has 0 saturated heterocycles. The molecule has 3 N–H and O–H groups in total. The third-order valence-electron chi connectivity index (χ3n) is 3.17. The van der Waals surface area contributed by atoms with E-state index in [2.05, 4.69) is 11.9 Å². The third-order valence-corrected chi connectivity index (χ3v) is 3.17. The van der Waals surface area contributed by atoms with E-state index in [0.29, 0.717) is 6.54 Å². The van der Waals surface area contributed by atoms with Gasteiger partial charge in [-0.3, -0.25) is 4.79 Å². The first-order valence-electron chi connectivity index (χ1n) is 6.27. The van der Waals surface area contributed by atoms with Gasteiger partial charge in [-0.2, -0.15) is 0 Å². The van der Waals surface area contributed by atoms with Crippen LogP contribution in [0.3, 0.4) is 0 Å². The molecule has 104 valence electrons. The molecule has 2 atom stereocenters. The SMILES string of the molecule is C=CCNC(CC(=O)O)C(O)c1ccc(C)c(C)c1. The number of aliphatic hydroxyl groups excluding tert-OH is 1. The number of nitrogens with one attached hydrogen (secondary N) is 1. The van der Waals surface area contributed by atoms with Crippen LogP contribution in [0.2, 0.25) is 0 Å². The van der Waals surface area contributed by atoms with Gasteiger partial charge in [0, 0.05) is 12.6 Å². The van der Waals surface area contributed by atoms with Crippen molar-refractivity contribution in [3.05, 3.63) is 47.5 Å². The Morgan fingerprint density at radius 1 is 1.42 bits per heavy atom. The number of carboxylic acids is 1. The summed E-state index contributed by atoms with van der Waals surface area (Å²) in [5.74, 6) is -0.940. The molecular formula is C15H21NO3. The highest BCUT2D eigenvalue weighted by atomic mass is 16.4. The average molecular weight is 263 g/mol. The molecule has 0 fully saturated rings. The summed E-state index contributed by atoms with van der Waals surface area (Å²) in [4.78, 5) is 10.9. The molecule has 0 bridgehead atoms. The summed E-state index contributed by atoms with van der Waals surface area (Å²) < 4.78 is 0. The smallest absolute Gasteiger partial charge is 0.305 e. The summed E-state index contributed by atoms with van der Waals surface area (Å²) >= 11 is 0. The second kappa shape index (κ2) is 7.07. The Labute approximate surface area is 113 Å². The van der Waals surface area contributed by atoms with Crippen LogP contribution in [0.25, 0.3) is 0 Å². The zero-order valence-corrected chi connectivity index (χ0v) is 11.4. The van der Waals surface area contributed by atoms with Crippen molar-refractivity contribution >= 4 is 5.97 Å². The van der Waals surface area contributed by atoms with Crippen molar-refractivity contribution in [2.24, 2.45) is 0 Å². The number of rotatable bonds is 7. The zero-order valence-electron chi connectivity index (χ0n) is 11.4. The zero-order chi connectivity index (χ0) is 14.4. The van der Waals surface area contributed by atoms with Crippen molar-refractivity contribution in [3.8, 4) is 0 Å². The van der Waals surface area contributed by atoms with Crippen LogP contribution >= 0.6 is 0 Å². The molecular weight excluding hydrogens is 242 g/mol. The van der Waals surface area contributed by atoms with Gasteiger partial charge in [-0.15, -0.1) is 6.58 Å². The Hall–Kier alpha value is -1.65. The highest BCUT2D eigenvalue weighted by Gasteiger charge is 2.23. The fraction of sp³-hybridized carbons (Fsp3) is 0.400. The number of hydrogen-bond donors (Lipinski definition) is 3. The van der Waals surface area contributed by atoms with Gasteiger partial charge in [0.1, 0.15) is 0 Å². The van der Waals surface area contributed by atoms with E-state index in [0.717, 1.165) is 16.7 Å². The lowest BCUT2D eigenvalue weighted by Gasteiger charge is -2.23. The van der Waals surface area contributed by atoms with Gasteiger partial charge < -0.3 is 15.5 Å². The molecule has 2 unspecified atom stereocenters. The summed E-state index contributed by atoms with van der Waals surface area (Å²) in [5.41, 5.74) is 2.95. The molecule has 0 aliphatic rings. The van der Waals surface area contributed by atoms with Gasteiger partial charge in [0.2, 0.25) is 0 Å². The van der Waals surface area contributed by atoms with Crippen LogP contribution in [0.1, 0.15) is 29.2 Å². The largest absolute Gasteiger partial charge is 0.481 e. The lowest BCUT2D eigenvalue weighted by molar-refractivity contribution is -0.138. The molecule has 4 heteroatoms. The van der Waals surface area contributed by atoms with E-state index >= 15 is 0 Å². The van der Waals surface area contributed by atoms with Crippen molar-refractivity contribution < 1.29 is 15.0 Å². The van der Waals surface area contributed by atoms with Gasteiger partial charge in [-0.25, -0.2) is 0 Å². The number of carbonyl (C=O) groups is 1. The molecule has 1 aromatic rings. The lowest BCUT2D eigenvalue weighted by atomic mass is 9.96. The Kier molecular flexibility index (Phi) is 5.73. The fourth-order valence-corrected chi connectivity index (χ4v) is 1.90. The number of carboxylic acid groups (broad SMARTS) is 1. The van der Waals surface area contributed by atoms with E-state index in [9.17, 15) is 9.90 Å². The lowest BCUT2D eigenvalue weighted by Crippen LogP contribution is -2.37. The molecule has 0 aliphatic heterocycles. The Balaban J connectivity index is 2.89. The molecule has 0 radical (unpaired) electrons. The molecule has 0 spiro atoms. The minimum Gasteiger partial charge on any atom is -0.481 e.